The maximum Gasteiger partial charge on any atom is 0.244 e. The molecule has 182 valence electrons. The van der Waals surface area contributed by atoms with Crippen molar-refractivity contribution >= 4 is 45.4 Å². The summed E-state index contributed by atoms with van der Waals surface area (Å²) >= 11 is 5.40. The van der Waals surface area contributed by atoms with Crippen molar-refractivity contribution in [3.8, 4) is 0 Å². The Bertz CT molecular complexity index is 771. The van der Waals surface area contributed by atoms with Gasteiger partial charge in [0.05, 0.1) is 16.6 Å². The van der Waals surface area contributed by atoms with Crippen molar-refractivity contribution < 1.29 is 19.5 Å². The number of aliphatic hydroxyl groups excluding tert-OH is 1. The van der Waals surface area contributed by atoms with Gasteiger partial charge in [-0.3, -0.25) is 14.4 Å². The second-order valence-electron chi connectivity index (χ2n) is 11.4. The van der Waals surface area contributed by atoms with Crippen LogP contribution in [0.3, 0.4) is 0 Å². The number of nitrogens with one attached hydrogen (secondary N) is 2. The van der Waals surface area contributed by atoms with E-state index in [1.807, 2.05) is 13.8 Å². The average molecular weight is 533 g/mol. The van der Waals surface area contributed by atoms with Gasteiger partial charge in [0.1, 0.15) is 6.04 Å². The van der Waals surface area contributed by atoms with Gasteiger partial charge in [0.2, 0.25) is 17.7 Å². The Morgan fingerprint density at radius 1 is 1.22 bits per heavy atom. The third-order valence-electron chi connectivity index (χ3n) is 6.83. The SMILES string of the molecule is CNC(=O)[C@H]1[C@@H]2SC3(CC2Br)C(C(=O)NC(C)(C)CC(C)(C)C)N(CCCCO)C(=O)[C@H]13. The molecule has 6 atom stereocenters. The molecule has 3 heterocycles. The molecule has 0 saturated carbocycles. The van der Waals surface area contributed by atoms with Crippen molar-refractivity contribution in [3.63, 3.8) is 0 Å². The van der Waals surface area contributed by atoms with Crippen LogP contribution in [0.25, 0.3) is 0 Å². The lowest BCUT2D eigenvalue weighted by Gasteiger charge is -2.39. The van der Waals surface area contributed by atoms with Gasteiger partial charge in [-0.1, -0.05) is 36.7 Å². The first-order valence-corrected chi connectivity index (χ1v) is 13.3. The molecule has 0 aromatic carbocycles. The van der Waals surface area contributed by atoms with E-state index < -0.39 is 28.2 Å². The number of unbranched alkanes of at least 4 members (excludes halogenated alkanes) is 1. The third kappa shape index (κ3) is 4.58. The molecule has 3 amide bonds. The molecule has 3 rings (SSSR count). The number of hydrogen-bond donors (Lipinski definition) is 3. The van der Waals surface area contributed by atoms with E-state index in [9.17, 15) is 19.5 Å². The topological polar surface area (TPSA) is 98.7 Å². The molecule has 2 bridgehead atoms. The second kappa shape index (κ2) is 9.10. The van der Waals surface area contributed by atoms with Crippen molar-refractivity contribution in [1.29, 1.82) is 0 Å². The molecule has 3 unspecified atom stereocenters. The second-order valence-corrected chi connectivity index (χ2v) is 14.1. The summed E-state index contributed by atoms with van der Waals surface area (Å²) in [5.74, 6) is -1.31. The summed E-state index contributed by atoms with van der Waals surface area (Å²) < 4.78 is -0.617. The van der Waals surface area contributed by atoms with Crippen molar-refractivity contribution in [2.75, 3.05) is 20.2 Å². The maximum atomic E-state index is 13.8. The van der Waals surface area contributed by atoms with Gasteiger partial charge in [-0.25, -0.2) is 0 Å². The highest BCUT2D eigenvalue weighted by Crippen LogP contribution is 2.67. The van der Waals surface area contributed by atoms with Crippen molar-refractivity contribution in [1.82, 2.24) is 15.5 Å². The van der Waals surface area contributed by atoms with Gasteiger partial charge in [0.25, 0.3) is 0 Å². The first kappa shape index (κ1) is 25.8. The van der Waals surface area contributed by atoms with E-state index in [2.05, 4.69) is 47.3 Å². The van der Waals surface area contributed by atoms with Crippen LogP contribution in [-0.4, -0.2) is 74.3 Å². The van der Waals surface area contributed by atoms with Crippen LogP contribution in [0, 0.1) is 17.3 Å². The molecule has 0 radical (unpaired) electrons. The van der Waals surface area contributed by atoms with Crippen LogP contribution in [0.5, 0.6) is 0 Å². The minimum absolute atomic E-state index is 0.0265. The molecular formula is C23H38BrN3O4S. The Labute approximate surface area is 204 Å². The van der Waals surface area contributed by atoms with Crippen molar-refractivity contribution in [2.24, 2.45) is 17.3 Å². The molecule has 0 aromatic rings. The molecule has 3 fully saturated rings. The third-order valence-corrected chi connectivity index (χ3v) is 10.0. The maximum absolute atomic E-state index is 13.8. The number of thioether (sulfide) groups is 1. The fraction of sp³-hybridized carbons (Fsp3) is 0.870. The highest BCUT2D eigenvalue weighted by Gasteiger charge is 2.75. The predicted octanol–water partition coefficient (Wildman–Crippen LogP) is 2.30. The molecule has 32 heavy (non-hydrogen) atoms. The monoisotopic (exact) mass is 531 g/mol. The number of alkyl halides is 1. The molecule has 7 nitrogen and oxygen atoms in total. The van der Waals surface area contributed by atoms with E-state index in [0.717, 1.165) is 6.42 Å². The Morgan fingerprint density at radius 2 is 1.88 bits per heavy atom. The minimum atomic E-state index is -0.623. The Kier molecular flexibility index (Phi) is 7.34. The fourth-order valence-electron chi connectivity index (χ4n) is 6.30. The summed E-state index contributed by atoms with van der Waals surface area (Å²) in [5.41, 5.74) is -0.394. The molecule has 9 heteroatoms. The standard InChI is InChI=1S/C23H38BrN3O4S/c1-21(2,3)12-22(4,5)26-19(30)17-23-11-13(24)16(32-23)14(18(29)25-6)15(23)20(31)27(17)9-7-8-10-28/h13-17,28H,7-12H2,1-6H3,(H,25,29)(H,26,30)/t13?,14-,15+,16-,17?,23?/m1/s1. The molecule has 0 aromatic heterocycles. The molecule has 3 N–H and O–H groups in total. The van der Waals surface area contributed by atoms with Gasteiger partial charge in [0.15, 0.2) is 0 Å². The number of aliphatic hydroxyl groups is 1. The van der Waals surface area contributed by atoms with Gasteiger partial charge in [-0.15, -0.1) is 11.8 Å². The molecule has 3 aliphatic rings. The largest absolute Gasteiger partial charge is 0.396 e. The smallest absolute Gasteiger partial charge is 0.244 e. The quantitative estimate of drug-likeness (QED) is 0.329. The number of amides is 3. The zero-order chi connectivity index (χ0) is 24.1. The molecule has 3 saturated heterocycles. The number of carbonyl (C=O) groups excluding carboxylic acids is 3. The van der Waals surface area contributed by atoms with E-state index in [0.29, 0.717) is 25.8 Å². The van der Waals surface area contributed by atoms with E-state index in [1.54, 1.807) is 23.7 Å². The van der Waals surface area contributed by atoms with Gasteiger partial charge in [-0.05, 0) is 44.9 Å². The van der Waals surface area contributed by atoms with Crippen LogP contribution in [0.4, 0.5) is 0 Å². The first-order chi connectivity index (χ1) is 14.8. The van der Waals surface area contributed by atoms with Crippen molar-refractivity contribution in [2.45, 2.75) is 86.7 Å². The average Bonchev–Trinajstić information content (AvgIpc) is 3.22. The number of nitrogens with zero attached hydrogens (tertiary/aromatic N) is 1. The number of carbonyl (C=O) groups is 3. The van der Waals surface area contributed by atoms with E-state index in [4.69, 9.17) is 0 Å². The summed E-state index contributed by atoms with van der Waals surface area (Å²) in [6, 6.07) is -0.623. The predicted molar refractivity (Wildman–Crippen MR) is 131 cm³/mol. The first-order valence-electron chi connectivity index (χ1n) is 11.5. The number of fused-ring (bicyclic) bond motifs is 1. The molecular weight excluding hydrogens is 494 g/mol. The van der Waals surface area contributed by atoms with E-state index in [1.165, 1.54) is 0 Å². The number of likely N-dealkylation sites (tertiary alicyclic amines) is 1. The number of rotatable bonds is 8. The Balaban J connectivity index is 1.96. The van der Waals surface area contributed by atoms with Crippen LogP contribution in [0.2, 0.25) is 0 Å². The van der Waals surface area contributed by atoms with Crippen LogP contribution >= 0.6 is 27.7 Å². The zero-order valence-electron chi connectivity index (χ0n) is 20.0. The van der Waals surface area contributed by atoms with Crippen LogP contribution in [0.1, 0.15) is 60.3 Å². The van der Waals surface area contributed by atoms with Crippen LogP contribution < -0.4 is 10.6 Å². The lowest BCUT2D eigenvalue weighted by Crippen LogP contribution is -2.58. The summed E-state index contributed by atoms with van der Waals surface area (Å²) in [6.07, 6.45) is 2.67. The summed E-state index contributed by atoms with van der Waals surface area (Å²) in [6.45, 7) is 11.0. The van der Waals surface area contributed by atoms with Crippen molar-refractivity contribution in [3.05, 3.63) is 0 Å². The van der Waals surface area contributed by atoms with Gasteiger partial charge in [-0.2, -0.15) is 0 Å². The lowest BCUT2D eigenvalue weighted by molar-refractivity contribution is -0.140. The fourth-order valence-corrected chi connectivity index (χ4v) is 9.92. The Hall–Kier alpha value is -0.800. The number of halogens is 1. The summed E-state index contributed by atoms with van der Waals surface area (Å²) in [5, 5.41) is 15.2. The normalized spacial score (nSPS) is 34.1. The van der Waals surface area contributed by atoms with Gasteiger partial charge in [0, 0.05) is 35.8 Å². The number of hydrogen-bond acceptors (Lipinski definition) is 5. The van der Waals surface area contributed by atoms with Crippen LogP contribution in [-0.2, 0) is 14.4 Å². The van der Waals surface area contributed by atoms with Crippen LogP contribution in [0.15, 0.2) is 0 Å². The summed E-state index contributed by atoms with van der Waals surface area (Å²) in [4.78, 5) is 42.1. The van der Waals surface area contributed by atoms with E-state index in [-0.39, 0.29) is 39.8 Å². The lowest BCUT2D eigenvalue weighted by atomic mass is 9.70. The molecule has 3 aliphatic heterocycles. The van der Waals surface area contributed by atoms with Gasteiger partial charge < -0.3 is 20.6 Å². The molecule has 1 spiro atoms. The highest BCUT2D eigenvalue weighted by molar-refractivity contribution is 9.09. The van der Waals surface area contributed by atoms with Gasteiger partial charge >= 0.3 is 0 Å². The van der Waals surface area contributed by atoms with E-state index >= 15 is 0 Å². The zero-order valence-corrected chi connectivity index (χ0v) is 22.4. The minimum Gasteiger partial charge on any atom is -0.396 e. The molecule has 0 aliphatic carbocycles. The highest BCUT2D eigenvalue weighted by atomic mass is 79.9. The Morgan fingerprint density at radius 3 is 2.44 bits per heavy atom. The summed E-state index contributed by atoms with van der Waals surface area (Å²) in [7, 11) is 1.60.